The molecule has 1 aromatic carbocycles. The molecule has 6 heteroatoms. The first-order valence-corrected chi connectivity index (χ1v) is 10.5. The van der Waals surface area contributed by atoms with Crippen molar-refractivity contribution in [2.75, 3.05) is 13.1 Å². The Morgan fingerprint density at radius 2 is 1.81 bits per heavy atom. The van der Waals surface area contributed by atoms with Gasteiger partial charge in [-0.05, 0) is 48.2 Å². The maximum absolute atomic E-state index is 13.1. The van der Waals surface area contributed by atoms with Gasteiger partial charge in [-0.25, -0.2) is 4.98 Å². The molecule has 4 heterocycles. The minimum Gasteiger partial charge on any atom is -0.392 e. The van der Waals surface area contributed by atoms with E-state index in [1.54, 1.807) is 18.3 Å². The highest BCUT2D eigenvalue weighted by atomic mass is 16.3. The van der Waals surface area contributed by atoms with E-state index >= 15 is 0 Å². The van der Waals surface area contributed by atoms with Gasteiger partial charge in [0, 0.05) is 37.1 Å². The number of aliphatic hydroxyl groups excluding tert-OH is 1. The van der Waals surface area contributed by atoms with Crippen molar-refractivity contribution in [2.45, 2.75) is 24.9 Å². The number of nitrogens with zero attached hydrogens (tertiary/aromatic N) is 4. The molecule has 31 heavy (non-hydrogen) atoms. The highest BCUT2D eigenvalue weighted by Gasteiger charge is 2.41. The van der Waals surface area contributed by atoms with Crippen LogP contribution in [0.1, 0.15) is 40.2 Å². The summed E-state index contributed by atoms with van der Waals surface area (Å²) in [5.74, 6) is -0.0908. The molecular formula is C25H24N4O2. The maximum atomic E-state index is 13.1. The number of amides is 1. The maximum Gasteiger partial charge on any atom is 0.272 e. The van der Waals surface area contributed by atoms with Crippen LogP contribution in [0.2, 0.25) is 0 Å². The van der Waals surface area contributed by atoms with E-state index < -0.39 is 0 Å². The van der Waals surface area contributed by atoms with Crippen LogP contribution in [0.4, 0.5) is 0 Å². The first-order valence-electron chi connectivity index (χ1n) is 10.5. The molecule has 0 aliphatic carbocycles. The van der Waals surface area contributed by atoms with Crippen molar-refractivity contribution in [3.8, 4) is 0 Å². The van der Waals surface area contributed by atoms with Crippen LogP contribution in [0.15, 0.2) is 79.3 Å². The van der Waals surface area contributed by atoms with Gasteiger partial charge in [0.2, 0.25) is 0 Å². The third-order valence-electron chi connectivity index (χ3n) is 6.31. The van der Waals surface area contributed by atoms with Crippen LogP contribution in [0.3, 0.4) is 0 Å². The molecule has 0 radical (unpaired) electrons. The number of carbonyl (C=O) groups excluding carboxylic acids is 1. The summed E-state index contributed by atoms with van der Waals surface area (Å²) in [7, 11) is 0. The average Bonchev–Trinajstić information content (AvgIpc) is 3.29. The molecule has 1 aliphatic rings. The first-order chi connectivity index (χ1) is 15.2. The summed E-state index contributed by atoms with van der Waals surface area (Å²) < 4.78 is 2.06. The Bertz CT molecular complexity index is 1180. The van der Waals surface area contributed by atoms with Gasteiger partial charge in [0.1, 0.15) is 11.3 Å². The number of rotatable bonds is 4. The molecule has 0 atom stereocenters. The molecule has 1 fully saturated rings. The molecule has 1 aliphatic heterocycles. The first kappa shape index (κ1) is 19.5. The third-order valence-corrected chi connectivity index (χ3v) is 6.31. The van der Waals surface area contributed by atoms with Crippen LogP contribution in [-0.4, -0.2) is 43.4 Å². The predicted octanol–water partition coefficient (Wildman–Crippen LogP) is 3.44. The second kappa shape index (κ2) is 7.96. The van der Waals surface area contributed by atoms with E-state index in [0.29, 0.717) is 24.3 Å². The summed E-state index contributed by atoms with van der Waals surface area (Å²) >= 11 is 0. The standard InChI is InChI=1S/C25H24N4O2/c30-18-19-9-12-26-21(16-19)24(31)28-14-10-25(11-15-28,20-6-2-1-3-7-20)22-17-29-13-5-4-8-23(29)27-22/h1-9,12-13,16-17,30H,10-11,14-15,18H2. The second-order valence-corrected chi connectivity index (χ2v) is 8.04. The lowest BCUT2D eigenvalue weighted by molar-refractivity contribution is 0.0678. The van der Waals surface area contributed by atoms with Crippen molar-refractivity contribution >= 4 is 11.6 Å². The van der Waals surface area contributed by atoms with Crippen molar-refractivity contribution in [3.05, 3.63) is 102 Å². The fraction of sp³-hybridized carbons (Fsp3) is 0.240. The molecule has 6 nitrogen and oxygen atoms in total. The van der Waals surface area contributed by atoms with Crippen molar-refractivity contribution < 1.29 is 9.90 Å². The number of hydrogen-bond acceptors (Lipinski definition) is 4. The van der Waals surface area contributed by atoms with Crippen molar-refractivity contribution in [1.82, 2.24) is 19.3 Å². The molecule has 4 aromatic rings. The zero-order valence-electron chi connectivity index (χ0n) is 17.2. The van der Waals surface area contributed by atoms with E-state index in [2.05, 4.69) is 39.8 Å². The lowest BCUT2D eigenvalue weighted by atomic mass is 9.70. The van der Waals surface area contributed by atoms with E-state index in [9.17, 15) is 9.90 Å². The number of aliphatic hydroxyl groups is 1. The number of piperidine rings is 1. The van der Waals surface area contributed by atoms with Gasteiger partial charge >= 0.3 is 0 Å². The third kappa shape index (κ3) is 3.49. The zero-order chi connectivity index (χ0) is 21.3. The van der Waals surface area contributed by atoms with Gasteiger partial charge in [-0.1, -0.05) is 36.4 Å². The fourth-order valence-electron chi connectivity index (χ4n) is 4.56. The number of pyridine rings is 2. The number of imidazole rings is 1. The Hall–Kier alpha value is -3.51. The van der Waals surface area contributed by atoms with Crippen LogP contribution in [0.5, 0.6) is 0 Å². The van der Waals surface area contributed by atoms with Gasteiger partial charge in [-0.2, -0.15) is 0 Å². The highest BCUT2D eigenvalue weighted by Crippen LogP contribution is 2.41. The zero-order valence-corrected chi connectivity index (χ0v) is 17.2. The van der Waals surface area contributed by atoms with Crippen LogP contribution < -0.4 is 0 Å². The fourth-order valence-corrected chi connectivity index (χ4v) is 4.56. The molecule has 5 rings (SSSR count). The van der Waals surface area contributed by atoms with Gasteiger partial charge < -0.3 is 14.4 Å². The second-order valence-electron chi connectivity index (χ2n) is 8.04. The molecule has 0 spiro atoms. The number of benzene rings is 1. The molecule has 1 saturated heterocycles. The van der Waals surface area contributed by atoms with Crippen molar-refractivity contribution in [1.29, 1.82) is 0 Å². The van der Waals surface area contributed by atoms with Gasteiger partial charge in [0.25, 0.3) is 5.91 Å². The molecule has 0 saturated carbocycles. The molecule has 156 valence electrons. The summed E-state index contributed by atoms with van der Waals surface area (Å²) in [6, 6.07) is 19.9. The molecule has 1 N–H and O–H groups in total. The van der Waals surface area contributed by atoms with Crippen molar-refractivity contribution in [2.24, 2.45) is 0 Å². The molecule has 1 amide bonds. The Kier molecular flexibility index (Phi) is 5.00. The highest BCUT2D eigenvalue weighted by molar-refractivity contribution is 5.92. The van der Waals surface area contributed by atoms with Gasteiger partial charge in [0.15, 0.2) is 0 Å². The van der Waals surface area contributed by atoms with Gasteiger partial charge in [-0.3, -0.25) is 9.78 Å². The van der Waals surface area contributed by atoms with E-state index in [4.69, 9.17) is 4.98 Å². The molecule has 0 bridgehead atoms. The average molecular weight is 412 g/mol. The number of likely N-dealkylation sites (tertiary alicyclic amines) is 1. The van der Waals surface area contributed by atoms with Gasteiger partial charge in [0.05, 0.1) is 12.3 Å². The molecule has 0 unspecified atom stereocenters. The lowest BCUT2D eigenvalue weighted by Gasteiger charge is -2.41. The van der Waals surface area contributed by atoms with E-state index in [1.165, 1.54) is 5.56 Å². The topological polar surface area (TPSA) is 70.7 Å². The van der Waals surface area contributed by atoms with Crippen molar-refractivity contribution in [3.63, 3.8) is 0 Å². The summed E-state index contributed by atoms with van der Waals surface area (Å²) in [6.07, 6.45) is 7.28. The van der Waals surface area contributed by atoms with Gasteiger partial charge in [-0.15, -0.1) is 0 Å². The minimum atomic E-state index is -0.246. The smallest absolute Gasteiger partial charge is 0.272 e. The Balaban J connectivity index is 1.47. The molecular weight excluding hydrogens is 388 g/mol. The van der Waals surface area contributed by atoms with E-state index in [-0.39, 0.29) is 17.9 Å². The van der Waals surface area contributed by atoms with E-state index in [1.807, 2.05) is 35.4 Å². The number of hydrogen-bond donors (Lipinski definition) is 1. The van der Waals surface area contributed by atoms with E-state index in [0.717, 1.165) is 24.2 Å². The largest absolute Gasteiger partial charge is 0.392 e. The normalized spacial score (nSPS) is 15.8. The number of fused-ring (bicyclic) bond motifs is 1. The molecule has 3 aromatic heterocycles. The van der Waals surface area contributed by atoms with Crippen LogP contribution in [0.25, 0.3) is 5.65 Å². The van der Waals surface area contributed by atoms with Crippen LogP contribution in [0, 0.1) is 0 Å². The van der Waals surface area contributed by atoms with Crippen LogP contribution in [-0.2, 0) is 12.0 Å². The summed E-state index contributed by atoms with van der Waals surface area (Å²) in [6.45, 7) is 1.13. The minimum absolute atomic E-state index is 0.0908. The Morgan fingerprint density at radius 3 is 2.55 bits per heavy atom. The number of aromatic nitrogens is 3. The predicted molar refractivity (Wildman–Crippen MR) is 118 cm³/mol. The lowest BCUT2D eigenvalue weighted by Crippen LogP contribution is -2.46. The SMILES string of the molecule is O=C(c1cc(CO)ccn1)N1CCC(c2ccccc2)(c2cn3ccccc3n2)CC1. The number of carbonyl (C=O) groups is 1. The quantitative estimate of drug-likeness (QED) is 0.557. The Morgan fingerprint density at radius 1 is 1.03 bits per heavy atom. The summed E-state index contributed by atoms with van der Waals surface area (Å²) in [5.41, 5.74) is 4.02. The summed E-state index contributed by atoms with van der Waals surface area (Å²) in [5, 5.41) is 9.37. The Labute approximate surface area is 180 Å². The monoisotopic (exact) mass is 412 g/mol. The van der Waals surface area contributed by atoms with Crippen LogP contribution >= 0.6 is 0 Å². The summed E-state index contributed by atoms with van der Waals surface area (Å²) in [4.78, 5) is 24.1.